The molecule has 0 amide bonds. The van der Waals surface area contributed by atoms with Crippen molar-refractivity contribution in [1.82, 2.24) is 9.97 Å². The van der Waals surface area contributed by atoms with Gasteiger partial charge in [0.05, 0.1) is 18.1 Å². The van der Waals surface area contributed by atoms with Gasteiger partial charge in [-0.15, -0.1) is 0 Å². The van der Waals surface area contributed by atoms with Crippen molar-refractivity contribution >= 4 is 16.6 Å². The first-order chi connectivity index (χ1) is 5.68. The number of nitrogen functional groups attached to an aromatic ring is 1. The second-order valence-corrected chi connectivity index (χ2v) is 4.01. The summed E-state index contributed by atoms with van der Waals surface area (Å²) in [5, 5.41) is 0. The number of rotatable bonds is 3. The maximum absolute atomic E-state index is 10.7. The molecule has 0 bridgehead atoms. The number of nitrogens with zero attached hydrogens (tertiary/aromatic N) is 2. The first-order valence-electron chi connectivity index (χ1n) is 3.55. The lowest BCUT2D eigenvalue weighted by Crippen LogP contribution is -2.02. The second kappa shape index (κ2) is 4.15. The summed E-state index contributed by atoms with van der Waals surface area (Å²) in [6.45, 7) is 0. The molecule has 0 spiro atoms. The Morgan fingerprint density at radius 1 is 1.50 bits per heavy atom. The molecule has 1 heterocycles. The van der Waals surface area contributed by atoms with Gasteiger partial charge in [-0.2, -0.15) is 0 Å². The molecule has 1 aromatic heterocycles. The van der Waals surface area contributed by atoms with E-state index in [0.29, 0.717) is 18.0 Å². The Balaban J connectivity index is 2.53. The first kappa shape index (κ1) is 9.12. The quantitative estimate of drug-likeness (QED) is 0.718. The number of aryl methyl sites for hydroxylation is 1. The van der Waals surface area contributed by atoms with Gasteiger partial charge in [-0.05, 0) is 0 Å². The molecule has 4 nitrogen and oxygen atoms in total. The Bertz CT molecular complexity index is 272. The number of hydrogen-bond acceptors (Lipinski definition) is 4. The van der Waals surface area contributed by atoms with Gasteiger partial charge in [0.2, 0.25) is 0 Å². The number of aromatic nitrogens is 2. The van der Waals surface area contributed by atoms with Crippen molar-refractivity contribution < 1.29 is 4.21 Å². The van der Waals surface area contributed by atoms with Gasteiger partial charge in [0.15, 0.2) is 0 Å². The van der Waals surface area contributed by atoms with Crippen LogP contribution in [-0.2, 0) is 17.2 Å². The minimum Gasteiger partial charge on any atom is -0.382 e. The third kappa shape index (κ3) is 2.96. The lowest BCUT2D eigenvalue weighted by Gasteiger charge is -1.97. The highest BCUT2D eigenvalue weighted by Gasteiger charge is 1.96. The zero-order valence-electron chi connectivity index (χ0n) is 6.86. The third-order valence-electron chi connectivity index (χ3n) is 1.37. The monoisotopic (exact) mass is 185 g/mol. The molecule has 0 aliphatic rings. The fourth-order valence-electron chi connectivity index (χ4n) is 0.742. The number of anilines is 1. The standard InChI is InChI=1S/C7H11N3OS/c1-12(11)3-2-6-4-10-7(8)5-9-6/h4-5H,2-3H2,1H3,(H2,8,10). The molecule has 1 rings (SSSR count). The minimum atomic E-state index is -0.770. The Morgan fingerprint density at radius 3 is 2.75 bits per heavy atom. The van der Waals surface area contributed by atoms with Crippen LogP contribution in [0, 0.1) is 0 Å². The van der Waals surface area contributed by atoms with Crippen LogP contribution in [0.4, 0.5) is 5.82 Å². The molecule has 0 radical (unpaired) electrons. The smallest absolute Gasteiger partial charge is 0.141 e. The van der Waals surface area contributed by atoms with E-state index in [-0.39, 0.29) is 0 Å². The van der Waals surface area contributed by atoms with Crippen LogP contribution in [0.5, 0.6) is 0 Å². The van der Waals surface area contributed by atoms with Crippen LogP contribution in [0.15, 0.2) is 12.4 Å². The molecule has 1 aromatic rings. The molecule has 0 aliphatic carbocycles. The van der Waals surface area contributed by atoms with Gasteiger partial charge >= 0.3 is 0 Å². The van der Waals surface area contributed by atoms with E-state index < -0.39 is 10.8 Å². The van der Waals surface area contributed by atoms with Crippen LogP contribution in [0.25, 0.3) is 0 Å². The average Bonchev–Trinajstić information content (AvgIpc) is 2.03. The van der Waals surface area contributed by atoms with E-state index in [1.165, 1.54) is 6.20 Å². The molecular formula is C7H11N3OS. The fourth-order valence-corrected chi connectivity index (χ4v) is 1.24. The van der Waals surface area contributed by atoms with E-state index in [0.717, 1.165) is 5.69 Å². The molecule has 0 aliphatic heterocycles. The van der Waals surface area contributed by atoms with Crippen molar-refractivity contribution in [1.29, 1.82) is 0 Å². The third-order valence-corrected chi connectivity index (χ3v) is 2.15. The average molecular weight is 185 g/mol. The highest BCUT2D eigenvalue weighted by atomic mass is 32.2. The van der Waals surface area contributed by atoms with E-state index >= 15 is 0 Å². The van der Waals surface area contributed by atoms with E-state index in [1.807, 2.05) is 0 Å². The molecule has 0 saturated carbocycles. The summed E-state index contributed by atoms with van der Waals surface area (Å²) in [7, 11) is -0.770. The number of nitrogens with two attached hydrogens (primary N) is 1. The van der Waals surface area contributed by atoms with Gasteiger partial charge in [-0.3, -0.25) is 9.19 Å². The van der Waals surface area contributed by atoms with E-state index in [4.69, 9.17) is 5.73 Å². The van der Waals surface area contributed by atoms with Crippen molar-refractivity contribution in [3.8, 4) is 0 Å². The zero-order chi connectivity index (χ0) is 8.97. The van der Waals surface area contributed by atoms with Gasteiger partial charge in [-0.1, -0.05) is 0 Å². The SMILES string of the molecule is CS(=O)CCc1cnc(N)cn1. The molecule has 2 N–H and O–H groups in total. The van der Waals surface area contributed by atoms with Gasteiger partial charge in [-0.25, -0.2) is 4.98 Å². The highest BCUT2D eigenvalue weighted by molar-refractivity contribution is 7.84. The normalized spacial score (nSPS) is 12.8. The Labute approximate surface area is 73.7 Å². The largest absolute Gasteiger partial charge is 0.382 e. The topological polar surface area (TPSA) is 68.9 Å². The Kier molecular flexibility index (Phi) is 3.16. The molecule has 0 saturated heterocycles. The van der Waals surface area contributed by atoms with Crippen molar-refractivity contribution in [3.05, 3.63) is 18.1 Å². The Hall–Kier alpha value is -0.970. The van der Waals surface area contributed by atoms with Crippen molar-refractivity contribution in [3.63, 3.8) is 0 Å². The number of hydrogen-bond donors (Lipinski definition) is 1. The van der Waals surface area contributed by atoms with E-state index in [9.17, 15) is 4.21 Å². The van der Waals surface area contributed by atoms with Crippen LogP contribution in [0.1, 0.15) is 5.69 Å². The summed E-state index contributed by atoms with van der Waals surface area (Å²) in [5.41, 5.74) is 6.18. The van der Waals surface area contributed by atoms with E-state index in [1.54, 1.807) is 12.5 Å². The maximum Gasteiger partial charge on any atom is 0.141 e. The zero-order valence-corrected chi connectivity index (χ0v) is 7.67. The van der Waals surface area contributed by atoms with Crippen LogP contribution >= 0.6 is 0 Å². The van der Waals surface area contributed by atoms with Gasteiger partial charge in [0.25, 0.3) is 0 Å². The molecule has 1 unspecified atom stereocenters. The summed E-state index contributed by atoms with van der Waals surface area (Å²) in [5.74, 6) is 1.04. The Morgan fingerprint density at radius 2 is 2.25 bits per heavy atom. The highest BCUT2D eigenvalue weighted by Crippen LogP contribution is 1.97. The molecule has 5 heteroatoms. The molecular weight excluding hydrogens is 174 g/mol. The minimum absolute atomic E-state index is 0.413. The van der Waals surface area contributed by atoms with Gasteiger partial charge in [0, 0.05) is 29.2 Å². The lowest BCUT2D eigenvalue weighted by atomic mass is 10.3. The molecule has 66 valence electrons. The molecule has 0 aromatic carbocycles. The van der Waals surface area contributed by atoms with Crippen molar-refractivity contribution in [2.45, 2.75) is 6.42 Å². The van der Waals surface area contributed by atoms with E-state index in [2.05, 4.69) is 9.97 Å². The van der Waals surface area contributed by atoms with Gasteiger partial charge in [0.1, 0.15) is 5.82 Å². The summed E-state index contributed by atoms with van der Waals surface area (Å²) in [6, 6.07) is 0. The molecule has 0 fully saturated rings. The molecule has 1 atom stereocenters. The van der Waals surface area contributed by atoms with Crippen molar-refractivity contribution in [2.75, 3.05) is 17.7 Å². The van der Waals surface area contributed by atoms with Crippen LogP contribution in [0.2, 0.25) is 0 Å². The lowest BCUT2D eigenvalue weighted by molar-refractivity contribution is 0.685. The van der Waals surface area contributed by atoms with Crippen molar-refractivity contribution in [2.24, 2.45) is 0 Å². The van der Waals surface area contributed by atoms with Crippen LogP contribution < -0.4 is 5.73 Å². The summed E-state index contributed by atoms with van der Waals surface area (Å²) in [6.07, 6.45) is 5.48. The summed E-state index contributed by atoms with van der Waals surface area (Å²) in [4.78, 5) is 7.90. The summed E-state index contributed by atoms with van der Waals surface area (Å²) >= 11 is 0. The predicted molar refractivity (Wildman–Crippen MR) is 49.1 cm³/mol. The second-order valence-electron chi connectivity index (χ2n) is 2.46. The van der Waals surface area contributed by atoms with Gasteiger partial charge < -0.3 is 5.73 Å². The predicted octanol–water partition coefficient (Wildman–Crippen LogP) is -0.0202. The van der Waals surface area contributed by atoms with Crippen LogP contribution in [0.3, 0.4) is 0 Å². The fraction of sp³-hybridized carbons (Fsp3) is 0.429. The first-order valence-corrected chi connectivity index (χ1v) is 5.27. The maximum atomic E-state index is 10.7. The summed E-state index contributed by atoms with van der Waals surface area (Å²) < 4.78 is 10.7. The van der Waals surface area contributed by atoms with Crippen LogP contribution in [-0.4, -0.2) is 26.2 Å². The molecule has 12 heavy (non-hydrogen) atoms.